The van der Waals surface area contributed by atoms with E-state index in [0.29, 0.717) is 17.0 Å². The van der Waals surface area contributed by atoms with E-state index < -0.39 is 5.91 Å². The van der Waals surface area contributed by atoms with Crippen molar-refractivity contribution in [1.29, 1.82) is 5.26 Å². The van der Waals surface area contributed by atoms with E-state index in [0.717, 1.165) is 28.9 Å². The Morgan fingerprint density at radius 2 is 1.97 bits per heavy atom. The number of para-hydroxylation sites is 1. The quantitative estimate of drug-likeness (QED) is 0.512. The molecular formula is C26H29N3O2. The zero-order valence-electron chi connectivity index (χ0n) is 19.0. The summed E-state index contributed by atoms with van der Waals surface area (Å²) in [5.74, 6) is 0.180. The van der Waals surface area contributed by atoms with Crippen molar-refractivity contribution in [1.82, 2.24) is 0 Å². The van der Waals surface area contributed by atoms with Crippen molar-refractivity contribution in [3.05, 3.63) is 64.7 Å². The van der Waals surface area contributed by atoms with Gasteiger partial charge in [-0.05, 0) is 64.0 Å². The number of nitrogens with zero attached hydrogens (tertiary/aromatic N) is 2. The molecule has 0 unspecified atom stereocenters. The molecule has 0 radical (unpaired) electrons. The molecule has 1 aliphatic rings. The van der Waals surface area contributed by atoms with Gasteiger partial charge < -0.3 is 15.0 Å². The normalized spacial score (nSPS) is 14.9. The van der Waals surface area contributed by atoms with Crippen molar-refractivity contribution in [2.75, 3.05) is 23.9 Å². The van der Waals surface area contributed by atoms with Crippen LogP contribution in [0, 0.1) is 18.3 Å². The number of hydrogen-bond acceptors (Lipinski definition) is 4. The van der Waals surface area contributed by atoms with Crippen molar-refractivity contribution >= 4 is 28.9 Å². The van der Waals surface area contributed by atoms with Crippen molar-refractivity contribution < 1.29 is 9.53 Å². The van der Waals surface area contributed by atoms with Gasteiger partial charge in [-0.2, -0.15) is 5.26 Å². The lowest BCUT2D eigenvalue weighted by atomic mass is 9.87. The van der Waals surface area contributed by atoms with Crippen LogP contribution in [0.15, 0.2) is 48.0 Å². The van der Waals surface area contributed by atoms with Gasteiger partial charge >= 0.3 is 0 Å². The summed E-state index contributed by atoms with van der Waals surface area (Å²) in [5.41, 5.74) is 5.54. The first-order valence-electron chi connectivity index (χ1n) is 10.4. The lowest BCUT2D eigenvalue weighted by Crippen LogP contribution is -2.44. The Morgan fingerprint density at radius 3 is 2.58 bits per heavy atom. The molecule has 0 aliphatic carbocycles. The number of benzene rings is 2. The van der Waals surface area contributed by atoms with Crippen molar-refractivity contribution in [2.24, 2.45) is 0 Å². The van der Waals surface area contributed by atoms with E-state index in [4.69, 9.17) is 4.74 Å². The van der Waals surface area contributed by atoms with E-state index in [1.54, 1.807) is 13.2 Å². The third kappa shape index (κ3) is 4.34. The number of carbonyl (C=O) groups excluding carboxylic acids is 1. The number of carbonyl (C=O) groups is 1. The number of allylic oxidation sites excluding steroid dienone is 1. The minimum absolute atomic E-state index is 0.0200. The highest BCUT2D eigenvalue weighted by Crippen LogP contribution is 2.42. The number of amides is 1. The predicted octanol–water partition coefficient (Wildman–Crippen LogP) is 5.57. The van der Waals surface area contributed by atoms with Gasteiger partial charge in [-0.3, -0.25) is 4.79 Å². The van der Waals surface area contributed by atoms with Gasteiger partial charge in [-0.25, -0.2) is 0 Å². The van der Waals surface area contributed by atoms with Gasteiger partial charge in [0.1, 0.15) is 17.4 Å². The molecule has 2 aromatic carbocycles. The molecule has 0 aromatic heterocycles. The summed E-state index contributed by atoms with van der Waals surface area (Å²) in [6, 6.07) is 13.5. The number of aryl methyl sites for hydroxylation is 1. The molecule has 3 rings (SSSR count). The number of rotatable bonds is 5. The molecule has 31 heavy (non-hydrogen) atoms. The van der Waals surface area contributed by atoms with Gasteiger partial charge in [-0.1, -0.05) is 24.3 Å². The van der Waals surface area contributed by atoms with E-state index in [1.807, 2.05) is 49.4 Å². The Morgan fingerprint density at radius 1 is 1.26 bits per heavy atom. The highest BCUT2D eigenvalue weighted by atomic mass is 16.5. The Labute approximate surface area is 184 Å². The highest BCUT2D eigenvalue weighted by Gasteiger charge is 2.31. The number of hydrogen-bond donors (Lipinski definition) is 1. The van der Waals surface area contributed by atoms with Crippen LogP contribution in [-0.2, 0) is 4.79 Å². The van der Waals surface area contributed by atoms with Gasteiger partial charge in [0.25, 0.3) is 5.91 Å². The van der Waals surface area contributed by atoms with Crippen LogP contribution in [0.3, 0.4) is 0 Å². The Hall–Kier alpha value is -3.52. The number of nitriles is 1. The third-order valence-electron chi connectivity index (χ3n) is 5.70. The van der Waals surface area contributed by atoms with Crippen LogP contribution >= 0.6 is 0 Å². The minimum atomic E-state index is -0.444. The second-order valence-corrected chi connectivity index (χ2v) is 8.28. The number of likely N-dealkylation sites (N-methyl/N-ethyl adjacent to an activating group) is 1. The topological polar surface area (TPSA) is 65.4 Å². The Balaban J connectivity index is 2.05. The first-order valence-corrected chi connectivity index (χ1v) is 10.4. The number of fused-ring (bicyclic) bond motifs is 1. The molecule has 0 fully saturated rings. The van der Waals surface area contributed by atoms with Gasteiger partial charge in [0.15, 0.2) is 0 Å². The molecule has 1 heterocycles. The molecule has 2 aromatic rings. The lowest BCUT2D eigenvalue weighted by molar-refractivity contribution is -0.112. The van der Waals surface area contributed by atoms with Crippen LogP contribution in [0.1, 0.15) is 44.4 Å². The predicted molar refractivity (Wildman–Crippen MR) is 127 cm³/mol. The van der Waals surface area contributed by atoms with Gasteiger partial charge in [0.2, 0.25) is 0 Å². The van der Waals surface area contributed by atoms with E-state index in [-0.39, 0.29) is 11.1 Å². The summed E-state index contributed by atoms with van der Waals surface area (Å²) < 4.78 is 5.64. The average Bonchev–Trinajstić information content (AvgIpc) is 2.72. The first kappa shape index (κ1) is 22.2. The van der Waals surface area contributed by atoms with E-state index in [9.17, 15) is 10.1 Å². The molecular weight excluding hydrogens is 386 g/mol. The van der Waals surface area contributed by atoms with E-state index >= 15 is 0 Å². The fourth-order valence-corrected chi connectivity index (χ4v) is 4.20. The maximum absolute atomic E-state index is 12.8. The Kier molecular flexibility index (Phi) is 6.21. The zero-order valence-corrected chi connectivity index (χ0v) is 19.0. The average molecular weight is 416 g/mol. The SMILES string of the molecule is CCN1c2cc(OC)c(/C=C(\C#N)C(=O)Nc3ccccc3C)cc2C(C)=CC1(C)C. The van der Waals surface area contributed by atoms with Crippen LogP contribution in [0.2, 0.25) is 0 Å². The summed E-state index contributed by atoms with van der Waals surface area (Å²) in [6.45, 7) is 11.4. The monoisotopic (exact) mass is 415 g/mol. The number of methoxy groups -OCH3 is 1. The molecule has 0 atom stereocenters. The number of anilines is 2. The van der Waals surface area contributed by atoms with Crippen LogP contribution in [0.5, 0.6) is 5.75 Å². The molecule has 0 spiro atoms. The third-order valence-corrected chi connectivity index (χ3v) is 5.70. The second-order valence-electron chi connectivity index (χ2n) is 8.28. The van der Waals surface area contributed by atoms with Crippen molar-refractivity contribution in [3.63, 3.8) is 0 Å². The van der Waals surface area contributed by atoms with Crippen LogP contribution in [0.4, 0.5) is 11.4 Å². The zero-order chi connectivity index (χ0) is 22.8. The number of ether oxygens (including phenoxy) is 1. The van der Waals surface area contributed by atoms with Crippen LogP contribution < -0.4 is 15.0 Å². The summed E-state index contributed by atoms with van der Waals surface area (Å²) in [5, 5.41) is 12.5. The largest absolute Gasteiger partial charge is 0.496 e. The fraction of sp³-hybridized carbons (Fsp3) is 0.308. The molecule has 1 aliphatic heterocycles. The van der Waals surface area contributed by atoms with Crippen LogP contribution in [0.25, 0.3) is 11.6 Å². The highest BCUT2D eigenvalue weighted by molar-refractivity contribution is 6.10. The van der Waals surface area contributed by atoms with Crippen molar-refractivity contribution in [3.8, 4) is 11.8 Å². The van der Waals surface area contributed by atoms with Crippen LogP contribution in [-0.4, -0.2) is 25.1 Å². The lowest BCUT2D eigenvalue weighted by Gasteiger charge is -2.43. The van der Waals surface area contributed by atoms with Gasteiger partial charge in [0, 0.05) is 35.1 Å². The summed E-state index contributed by atoms with van der Waals surface area (Å²) in [7, 11) is 1.60. The molecule has 5 heteroatoms. The second kappa shape index (κ2) is 8.69. The summed E-state index contributed by atoms with van der Waals surface area (Å²) in [6.07, 6.45) is 3.84. The minimum Gasteiger partial charge on any atom is -0.496 e. The molecule has 0 saturated carbocycles. The van der Waals surface area contributed by atoms with E-state index in [1.165, 1.54) is 0 Å². The maximum atomic E-state index is 12.8. The smallest absolute Gasteiger partial charge is 0.266 e. The maximum Gasteiger partial charge on any atom is 0.266 e. The molecule has 5 nitrogen and oxygen atoms in total. The molecule has 0 bridgehead atoms. The fourth-order valence-electron chi connectivity index (χ4n) is 4.20. The van der Waals surface area contributed by atoms with Gasteiger partial charge in [-0.15, -0.1) is 0 Å². The van der Waals surface area contributed by atoms with Crippen molar-refractivity contribution in [2.45, 2.75) is 40.2 Å². The van der Waals surface area contributed by atoms with E-state index in [2.05, 4.69) is 44.0 Å². The molecule has 1 N–H and O–H groups in total. The number of nitrogens with one attached hydrogen (secondary N) is 1. The molecule has 1 amide bonds. The summed E-state index contributed by atoms with van der Waals surface area (Å²) in [4.78, 5) is 15.1. The molecule has 160 valence electrons. The summed E-state index contributed by atoms with van der Waals surface area (Å²) >= 11 is 0. The standard InChI is InChI=1S/C26H29N3O2/c1-7-29-23-14-24(31-6)19(13-21(23)18(3)15-26(29,4)5)12-20(16-27)25(30)28-22-11-9-8-10-17(22)2/h8-15H,7H2,1-6H3,(H,28,30)/b20-12+. The van der Waals surface area contributed by atoms with Gasteiger partial charge in [0.05, 0.1) is 12.6 Å². The molecule has 0 saturated heterocycles. The Bertz CT molecular complexity index is 1120. The first-order chi connectivity index (χ1) is 14.7.